The van der Waals surface area contributed by atoms with Crippen molar-refractivity contribution in [2.24, 2.45) is 0 Å². The SMILES string of the molecule is CCSCC(C)N1CCC(=O)NC(c2ccccc2)C1=O. The lowest BCUT2D eigenvalue weighted by Gasteiger charge is -2.30. The summed E-state index contributed by atoms with van der Waals surface area (Å²) >= 11 is 1.82. The van der Waals surface area contributed by atoms with Crippen LogP contribution < -0.4 is 5.32 Å². The second-order valence-electron chi connectivity index (χ2n) is 5.20. The zero-order chi connectivity index (χ0) is 15.2. The summed E-state index contributed by atoms with van der Waals surface area (Å²) < 4.78 is 0. The van der Waals surface area contributed by atoms with Gasteiger partial charge < -0.3 is 10.2 Å². The van der Waals surface area contributed by atoms with Crippen LogP contribution in [0.15, 0.2) is 30.3 Å². The van der Waals surface area contributed by atoms with Gasteiger partial charge in [-0.05, 0) is 18.2 Å². The third-order valence-corrected chi connectivity index (χ3v) is 4.77. The molecule has 0 radical (unpaired) electrons. The van der Waals surface area contributed by atoms with Crippen molar-refractivity contribution in [3.05, 3.63) is 35.9 Å². The van der Waals surface area contributed by atoms with Crippen LogP contribution in [0.3, 0.4) is 0 Å². The second kappa shape index (κ2) is 7.50. The van der Waals surface area contributed by atoms with Crippen LogP contribution in [0.4, 0.5) is 0 Å². The first kappa shape index (κ1) is 15.9. The van der Waals surface area contributed by atoms with Crippen molar-refractivity contribution in [1.82, 2.24) is 10.2 Å². The molecule has 0 aromatic heterocycles. The van der Waals surface area contributed by atoms with Crippen molar-refractivity contribution < 1.29 is 9.59 Å². The zero-order valence-corrected chi connectivity index (χ0v) is 13.4. The van der Waals surface area contributed by atoms with E-state index in [1.165, 1.54) is 0 Å². The Kier molecular flexibility index (Phi) is 5.67. The molecule has 1 heterocycles. The Morgan fingerprint density at radius 3 is 2.71 bits per heavy atom. The minimum atomic E-state index is -0.560. The van der Waals surface area contributed by atoms with Crippen LogP contribution in [0.5, 0.6) is 0 Å². The molecule has 0 spiro atoms. The van der Waals surface area contributed by atoms with Gasteiger partial charge in [-0.15, -0.1) is 0 Å². The number of nitrogens with zero attached hydrogens (tertiary/aromatic N) is 1. The Hall–Kier alpha value is -1.49. The molecular weight excluding hydrogens is 284 g/mol. The van der Waals surface area contributed by atoms with E-state index in [2.05, 4.69) is 19.2 Å². The summed E-state index contributed by atoms with van der Waals surface area (Å²) in [6, 6.07) is 9.04. The average molecular weight is 306 g/mol. The van der Waals surface area contributed by atoms with Crippen molar-refractivity contribution >= 4 is 23.6 Å². The molecule has 0 bridgehead atoms. The lowest BCUT2D eigenvalue weighted by Crippen LogP contribution is -2.44. The predicted octanol–water partition coefficient (Wildman–Crippen LogP) is 2.22. The molecule has 1 aromatic carbocycles. The normalized spacial score (nSPS) is 20.9. The number of carbonyl (C=O) groups is 2. The molecule has 21 heavy (non-hydrogen) atoms. The number of rotatable bonds is 5. The van der Waals surface area contributed by atoms with E-state index in [0.717, 1.165) is 17.1 Å². The molecule has 1 aliphatic rings. The van der Waals surface area contributed by atoms with E-state index in [4.69, 9.17) is 0 Å². The highest BCUT2D eigenvalue weighted by molar-refractivity contribution is 7.99. The van der Waals surface area contributed by atoms with E-state index in [1.807, 2.05) is 47.0 Å². The van der Waals surface area contributed by atoms with Crippen molar-refractivity contribution in [1.29, 1.82) is 0 Å². The van der Waals surface area contributed by atoms with Gasteiger partial charge in [0.2, 0.25) is 11.8 Å². The number of hydrogen-bond donors (Lipinski definition) is 1. The number of carbonyl (C=O) groups excluding carboxylic acids is 2. The fourth-order valence-electron chi connectivity index (χ4n) is 2.48. The van der Waals surface area contributed by atoms with E-state index in [1.54, 1.807) is 0 Å². The van der Waals surface area contributed by atoms with Crippen molar-refractivity contribution in [2.45, 2.75) is 32.4 Å². The molecule has 0 saturated carbocycles. The van der Waals surface area contributed by atoms with Crippen molar-refractivity contribution in [3.8, 4) is 0 Å². The number of hydrogen-bond acceptors (Lipinski definition) is 3. The smallest absolute Gasteiger partial charge is 0.250 e. The molecule has 5 heteroatoms. The van der Waals surface area contributed by atoms with Crippen molar-refractivity contribution in [3.63, 3.8) is 0 Å². The van der Waals surface area contributed by atoms with Crippen LogP contribution in [0.25, 0.3) is 0 Å². The van der Waals surface area contributed by atoms with E-state index < -0.39 is 6.04 Å². The Morgan fingerprint density at radius 2 is 2.05 bits per heavy atom. The molecule has 0 aliphatic carbocycles. The van der Waals surface area contributed by atoms with Gasteiger partial charge >= 0.3 is 0 Å². The molecule has 2 unspecified atom stereocenters. The molecule has 1 aliphatic heterocycles. The summed E-state index contributed by atoms with van der Waals surface area (Å²) in [4.78, 5) is 26.5. The van der Waals surface area contributed by atoms with Crippen molar-refractivity contribution in [2.75, 3.05) is 18.1 Å². The lowest BCUT2D eigenvalue weighted by molar-refractivity contribution is -0.135. The number of amides is 2. The van der Waals surface area contributed by atoms with E-state index >= 15 is 0 Å². The monoisotopic (exact) mass is 306 g/mol. The van der Waals surface area contributed by atoms with Gasteiger partial charge in [0.1, 0.15) is 6.04 Å². The highest BCUT2D eigenvalue weighted by atomic mass is 32.2. The molecule has 114 valence electrons. The van der Waals surface area contributed by atoms with E-state index in [0.29, 0.717) is 13.0 Å². The Labute approximate surface area is 130 Å². The van der Waals surface area contributed by atoms with E-state index in [9.17, 15) is 9.59 Å². The van der Waals surface area contributed by atoms with E-state index in [-0.39, 0.29) is 17.9 Å². The Bertz CT molecular complexity index is 492. The first-order chi connectivity index (χ1) is 10.1. The zero-order valence-electron chi connectivity index (χ0n) is 12.5. The summed E-state index contributed by atoms with van der Waals surface area (Å²) in [5.74, 6) is 1.87. The summed E-state index contributed by atoms with van der Waals surface area (Å²) in [6.45, 7) is 4.66. The first-order valence-electron chi connectivity index (χ1n) is 7.36. The first-order valence-corrected chi connectivity index (χ1v) is 8.51. The van der Waals surface area contributed by atoms with Gasteiger partial charge in [-0.3, -0.25) is 9.59 Å². The average Bonchev–Trinajstić information content (AvgIpc) is 2.65. The quantitative estimate of drug-likeness (QED) is 0.907. The number of nitrogens with one attached hydrogen (secondary N) is 1. The lowest BCUT2D eigenvalue weighted by atomic mass is 10.1. The third kappa shape index (κ3) is 4.00. The van der Waals surface area contributed by atoms with Gasteiger partial charge in [-0.1, -0.05) is 37.3 Å². The fourth-order valence-corrected chi connectivity index (χ4v) is 3.24. The third-order valence-electron chi connectivity index (χ3n) is 3.64. The second-order valence-corrected chi connectivity index (χ2v) is 6.52. The highest BCUT2D eigenvalue weighted by Crippen LogP contribution is 2.21. The topological polar surface area (TPSA) is 49.4 Å². The largest absolute Gasteiger partial charge is 0.340 e. The number of thioether (sulfide) groups is 1. The van der Waals surface area contributed by atoms with Crippen LogP contribution in [0, 0.1) is 0 Å². The molecule has 1 saturated heterocycles. The summed E-state index contributed by atoms with van der Waals surface area (Å²) in [7, 11) is 0. The molecule has 1 N–H and O–H groups in total. The molecule has 4 nitrogen and oxygen atoms in total. The molecule has 1 aromatic rings. The summed E-state index contributed by atoms with van der Waals surface area (Å²) in [6.07, 6.45) is 0.371. The van der Waals surface area contributed by atoms with Gasteiger partial charge in [0, 0.05) is 24.8 Å². The van der Waals surface area contributed by atoms with Crippen LogP contribution in [-0.4, -0.2) is 40.8 Å². The molecule has 2 amide bonds. The maximum atomic E-state index is 12.8. The van der Waals surface area contributed by atoms with Crippen LogP contribution in [0.1, 0.15) is 31.9 Å². The number of benzene rings is 1. The van der Waals surface area contributed by atoms with Crippen LogP contribution >= 0.6 is 11.8 Å². The molecular formula is C16H22N2O2S. The van der Waals surface area contributed by atoms with Crippen LogP contribution in [-0.2, 0) is 9.59 Å². The van der Waals surface area contributed by atoms with Gasteiger partial charge in [0.25, 0.3) is 0 Å². The summed E-state index contributed by atoms with van der Waals surface area (Å²) in [5, 5.41) is 2.85. The maximum Gasteiger partial charge on any atom is 0.250 e. The van der Waals surface area contributed by atoms with Crippen LogP contribution in [0.2, 0.25) is 0 Å². The van der Waals surface area contributed by atoms with Gasteiger partial charge in [-0.2, -0.15) is 11.8 Å². The fraction of sp³-hybridized carbons (Fsp3) is 0.500. The Balaban J connectivity index is 2.20. The molecule has 2 rings (SSSR count). The van der Waals surface area contributed by atoms with Gasteiger partial charge in [0.15, 0.2) is 0 Å². The summed E-state index contributed by atoms with van der Waals surface area (Å²) in [5.41, 5.74) is 0.845. The molecule has 2 atom stereocenters. The standard InChI is InChI=1S/C16H22N2O2S/c1-3-21-11-12(2)18-10-9-14(19)17-15(16(18)20)13-7-5-4-6-8-13/h4-8,12,15H,3,9-11H2,1-2H3,(H,17,19). The minimum Gasteiger partial charge on any atom is -0.340 e. The molecule has 1 fully saturated rings. The minimum absolute atomic E-state index is 0.00347. The predicted molar refractivity (Wildman–Crippen MR) is 86.1 cm³/mol. The highest BCUT2D eigenvalue weighted by Gasteiger charge is 2.33. The Morgan fingerprint density at radius 1 is 1.33 bits per heavy atom. The van der Waals surface area contributed by atoms with Gasteiger partial charge in [0.05, 0.1) is 0 Å². The van der Waals surface area contributed by atoms with Gasteiger partial charge in [-0.25, -0.2) is 0 Å². The maximum absolute atomic E-state index is 12.8.